The number of hydrogen-bond acceptors (Lipinski definition) is 6. The van der Waals surface area contributed by atoms with E-state index in [2.05, 4.69) is 0 Å². The van der Waals surface area contributed by atoms with Gasteiger partial charge < -0.3 is 9.47 Å². The van der Waals surface area contributed by atoms with E-state index in [1.165, 1.54) is 0 Å². The molecule has 12 aromatic rings. The molecule has 12 aromatic carbocycles. The van der Waals surface area contributed by atoms with Gasteiger partial charge in [0.15, 0.2) is 0 Å². The second-order valence-electron chi connectivity index (χ2n) is 24.0. The largest absolute Gasteiger partial charge is 0.462 e. The van der Waals surface area contributed by atoms with Gasteiger partial charge in [0.25, 0.3) is 23.6 Å². The average Bonchev–Trinajstić information content (AvgIpc) is 1.42. The lowest BCUT2D eigenvalue weighted by Crippen LogP contribution is -2.55. The van der Waals surface area contributed by atoms with Crippen molar-refractivity contribution in [3.8, 4) is 0 Å². The fourth-order valence-corrected chi connectivity index (χ4v) is 14.0. The van der Waals surface area contributed by atoms with Crippen LogP contribution in [0.25, 0.3) is 22.7 Å². The number of fused-ring (bicyclic) bond motifs is 6. The first-order chi connectivity index (χ1) is 47.3. The minimum absolute atomic E-state index is 0.160. The predicted octanol–water partition coefficient (Wildman–Crippen LogP) is 18.5. The van der Waals surface area contributed by atoms with E-state index in [4.69, 9.17) is 9.47 Å². The average molecular weight is 1250 g/mol. The highest BCUT2D eigenvalue weighted by atomic mass is 16.5. The Morgan fingerprint density at radius 2 is 0.542 bits per heavy atom. The first kappa shape index (κ1) is 59.9. The molecular weight excluding hydrogens is 1180 g/mol. The molecular formula is C86H64N4O6. The Morgan fingerprint density at radius 3 is 0.854 bits per heavy atom. The summed E-state index contributed by atoms with van der Waals surface area (Å²) >= 11 is 0. The number of para-hydroxylation sites is 4. The molecule has 0 bridgehead atoms. The quantitative estimate of drug-likeness (QED) is 0.135. The van der Waals surface area contributed by atoms with Crippen LogP contribution in [0.5, 0.6) is 0 Å². The Labute approximate surface area is 558 Å². The second kappa shape index (κ2) is 25.9. The molecule has 0 unspecified atom stereocenters. The SMILES string of the molecule is O=C(c1ccccc1)N1c2ccccc2N2C(=O)C(c3ccccc3)=C(c3ccccc3)O[C@]2(c2ccccc2)C[C@@H]1c1ccccc1.O=C(c1ccccc1)N1c2ccccc2N2C(=O)C(c3ccccc3)=C(c3ccccc3)O[C@]2(c2ccccc2)C[C@@H]1c1ccccc1. The Hall–Kier alpha value is -12.4. The van der Waals surface area contributed by atoms with Gasteiger partial charge in [0.05, 0.1) is 46.0 Å². The molecule has 0 spiro atoms. The van der Waals surface area contributed by atoms with Crippen LogP contribution in [0.1, 0.15) is 90.1 Å². The summed E-state index contributed by atoms with van der Waals surface area (Å²) in [5, 5.41) is 0. The summed E-state index contributed by atoms with van der Waals surface area (Å²) in [5.74, 6) is 0.267. The number of benzene rings is 12. The summed E-state index contributed by atoms with van der Waals surface area (Å²) in [6, 6.07) is 112. The van der Waals surface area contributed by atoms with Crippen LogP contribution in [0.3, 0.4) is 0 Å². The van der Waals surface area contributed by atoms with Gasteiger partial charge in [-0.3, -0.25) is 38.8 Å². The lowest BCUT2D eigenvalue weighted by molar-refractivity contribution is -0.121. The van der Waals surface area contributed by atoms with Crippen LogP contribution >= 0.6 is 0 Å². The zero-order chi connectivity index (χ0) is 65.0. The summed E-state index contributed by atoms with van der Waals surface area (Å²) in [5.41, 5.74) is 8.41. The Bertz CT molecular complexity index is 4550. The van der Waals surface area contributed by atoms with Gasteiger partial charge in [-0.2, -0.15) is 0 Å². The molecule has 0 aliphatic carbocycles. The van der Waals surface area contributed by atoms with Crippen LogP contribution in [-0.4, -0.2) is 23.6 Å². The monoisotopic (exact) mass is 1250 g/mol. The lowest BCUT2D eigenvalue weighted by Gasteiger charge is -2.48. The number of carbonyl (C=O) groups excluding carboxylic acids is 4. The van der Waals surface area contributed by atoms with Crippen molar-refractivity contribution in [3.63, 3.8) is 0 Å². The molecule has 4 aliphatic rings. The number of hydrogen-bond donors (Lipinski definition) is 0. The van der Waals surface area contributed by atoms with E-state index in [9.17, 15) is 9.59 Å². The van der Waals surface area contributed by atoms with Gasteiger partial charge in [-0.25, -0.2) is 0 Å². The van der Waals surface area contributed by atoms with Gasteiger partial charge in [-0.05, 0) is 70.8 Å². The highest BCUT2D eigenvalue weighted by Gasteiger charge is 2.58. The van der Waals surface area contributed by atoms with Gasteiger partial charge in [-0.15, -0.1) is 0 Å². The number of carbonyl (C=O) groups is 4. The molecule has 4 amide bonds. The van der Waals surface area contributed by atoms with E-state index in [1.54, 1.807) is 9.80 Å². The van der Waals surface area contributed by atoms with E-state index in [0.29, 0.717) is 56.5 Å². The van der Waals surface area contributed by atoms with E-state index >= 15 is 9.59 Å². The molecule has 464 valence electrons. The lowest BCUT2D eigenvalue weighted by atomic mass is 9.86. The molecule has 0 saturated heterocycles. The first-order valence-corrected chi connectivity index (χ1v) is 32.2. The fourth-order valence-electron chi connectivity index (χ4n) is 14.0. The molecule has 4 aliphatic heterocycles. The molecule has 4 atom stereocenters. The molecule has 0 N–H and O–H groups in total. The van der Waals surface area contributed by atoms with Crippen molar-refractivity contribution in [1.82, 2.24) is 0 Å². The van der Waals surface area contributed by atoms with Crippen molar-refractivity contribution < 1.29 is 28.7 Å². The highest BCUT2D eigenvalue weighted by molar-refractivity contribution is 6.35. The zero-order valence-corrected chi connectivity index (χ0v) is 52.3. The Morgan fingerprint density at radius 1 is 0.292 bits per heavy atom. The van der Waals surface area contributed by atoms with Gasteiger partial charge in [-0.1, -0.05) is 303 Å². The maximum atomic E-state index is 15.5. The summed E-state index contributed by atoms with van der Waals surface area (Å²) < 4.78 is 14.9. The summed E-state index contributed by atoms with van der Waals surface area (Å²) in [7, 11) is 0. The van der Waals surface area contributed by atoms with Crippen LogP contribution < -0.4 is 19.6 Å². The number of nitrogens with zero attached hydrogens (tertiary/aromatic N) is 4. The van der Waals surface area contributed by atoms with Crippen molar-refractivity contribution in [1.29, 1.82) is 0 Å². The highest BCUT2D eigenvalue weighted by Crippen LogP contribution is 2.58. The molecule has 10 heteroatoms. The summed E-state index contributed by atoms with van der Waals surface area (Å²) in [6.45, 7) is 0. The second-order valence-corrected chi connectivity index (χ2v) is 24.0. The molecule has 16 rings (SSSR count). The van der Waals surface area contributed by atoms with E-state index in [1.807, 2.05) is 362 Å². The molecule has 0 saturated carbocycles. The third-order valence-electron chi connectivity index (χ3n) is 18.4. The number of anilines is 4. The van der Waals surface area contributed by atoms with Crippen LogP contribution in [0.15, 0.2) is 352 Å². The minimum Gasteiger partial charge on any atom is -0.462 e. The van der Waals surface area contributed by atoms with E-state index < -0.39 is 23.5 Å². The summed E-state index contributed by atoms with van der Waals surface area (Å²) in [6.07, 6.45) is 0.525. The molecule has 96 heavy (non-hydrogen) atoms. The third kappa shape index (κ3) is 10.8. The molecule has 10 nitrogen and oxygen atoms in total. The number of ether oxygens (including phenoxy) is 2. The molecule has 0 aromatic heterocycles. The Balaban J connectivity index is 0.000000158. The van der Waals surface area contributed by atoms with Gasteiger partial charge in [0, 0.05) is 46.2 Å². The van der Waals surface area contributed by atoms with Crippen molar-refractivity contribution in [2.75, 3.05) is 19.6 Å². The van der Waals surface area contributed by atoms with Gasteiger partial charge in [0.1, 0.15) is 11.5 Å². The van der Waals surface area contributed by atoms with Crippen LogP contribution in [0.2, 0.25) is 0 Å². The van der Waals surface area contributed by atoms with Crippen molar-refractivity contribution >= 4 is 69.0 Å². The number of rotatable bonds is 10. The van der Waals surface area contributed by atoms with Crippen LogP contribution in [0.4, 0.5) is 22.7 Å². The topological polar surface area (TPSA) is 99.7 Å². The van der Waals surface area contributed by atoms with Gasteiger partial charge >= 0.3 is 0 Å². The standard InChI is InChI=1S/2C43H32N2O3/c2*46-41(34-24-12-4-13-25-34)44-36-28-16-17-29-37(36)45-42(47)39(32-20-8-2-9-21-32)40(33-22-10-3-11-23-33)48-43(45,35-26-14-5-15-27-35)30-38(44)31-18-6-1-7-19-31/h2*1-29,38H,30H2/t2*38-,43+/m11/s1. The fraction of sp³-hybridized carbons (Fsp3) is 0.0698. The normalized spacial score (nSPS) is 18.8. The maximum absolute atomic E-state index is 15.5. The molecule has 0 radical (unpaired) electrons. The van der Waals surface area contributed by atoms with Crippen molar-refractivity contribution in [3.05, 3.63) is 407 Å². The van der Waals surface area contributed by atoms with Crippen LogP contribution in [0, 0.1) is 0 Å². The smallest absolute Gasteiger partial charge is 0.266 e. The predicted molar refractivity (Wildman–Crippen MR) is 380 cm³/mol. The van der Waals surface area contributed by atoms with E-state index in [0.717, 1.165) is 44.5 Å². The first-order valence-electron chi connectivity index (χ1n) is 32.2. The van der Waals surface area contributed by atoms with Crippen LogP contribution in [-0.2, 0) is 30.5 Å². The summed E-state index contributed by atoms with van der Waals surface area (Å²) in [4.78, 5) is 67.9. The molecule has 4 heterocycles. The number of amides is 4. The van der Waals surface area contributed by atoms with Gasteiger partial charge in [0.2, 0.25) is 11.4 Å². The minimum atomic E-state index is -1.33. The van der Waals surface area contributed by atoms with E-state index in [-0.39, 0.29) is 36.5 Å². The maximum Gasteiger partial charge on any atom is 0.266 e. The Kier molecular flexibility index (Phi) is 16.2. The zero-order valence-electron chi connectivity index (χ0n) is 52.3. The third-order valence-corrected chi connectivity index (χ3v) is 18.4. The molecule has 0 fully saturated rings. The van der Waals surface area contributed by atoms with Crippen molar-refractivity contribution in [2.24, 2.45) is 0 Å². The van der Waals surface area contributed by atoms with Crippen molar-refractivity contribution in [2.45, 2.75) is 36.4 Å².